The topological polar surface area (TPSA) is 89.3 Å². The lowest BCUT2D eigenvalue weighted by Crippen LogP contribution is -2.51. The minimum absolute atomic E-state index is 0.0607. The van der Waals surface area contributed by atoms with E-state index in [1.54, 1.807) is 24.5 Å². The van der Waals surface area contributed by atoms with Crippen molar-refractivity contribution < 1.29 is 24.1 Å². The fourth-order valence-electron chi connectivity index (χ4n) is 4.46. The number of aromatic nitrogens is 2. The van der Waals surface area contributed by atoms with Crippen molar-refractivity contribution in [3.63, 3.8) is 0 Å². The van der Waals surface area contributed by atoms with Gasteiger partial charge in [-0.15, -0.1) is 0 Å². The van der Waals surface area contributed by atoms with Crippen molar-refractivity contribution in [2.24, 2.45) is 0 Å². The number of β-amino-alcohol motifs (C(OH)–C–C–N with tert-alkyl or cyclic N) is 1. The molecule has 1 atom stereocenters. The van der Waals surface area contributed by atoms with Gasteiger partial charge in [0.2, 0.25) is 5.91 Å². The number of ether oxygens (including phenoxy) is 3. The summed E-state index contributed by atoms with van der Waals surface area (Å²) in [5.41, 5.74) is 0.949. The summed E-state index contributed by atoms with van der Waals surface area (Å²) in [6, 6.07) is 13.6. The van der Waals surface area contributed by atoms with Crippen LogP contribution in [0.15, 0.2) is 61.2 Å². The maximum Gasteiger partial charge on any atom is 0.219 e. The van der Waals surface area contributed by atoms with Crippen LogP contribution in [-0.2, 0) is 17.9 Å². The molecule has 1 aromatic heterocycles. The summed E-state index contributed by atoms with van der Waals surface area (Å²) in [7, 11) is 1.62. The molecular formula is C28H36N4O5. The van der Waals surface area contributed by atoms with Crippen LogP contribution in [0.2, 0.25) is 0 Å². The van der Waals surface area contributed by atoms with Crippen LogP contribution in [0, 0.1) is 6.92 Å². The van der Waals surface area contributed by atoms with Crippen molar-refractivity contribution in [1.29, 1.82) is 0 Å². The zero-order valence-corrected chi connectivity index (χ0v) is 21.8. The molecular weight excluding hydrogens is 472 g/mol. The third-order valence-electron chi connectivity index (χ3n) is 6.46. The molecule has 9 nitrogen and oxygen atoms in total. The summed E-state index contributed by atoms with van der Waals surface area (Å²) in [5, 5.41) is 11.5. The summed E-state index contributed by atoms with van der Waals surface area (Å²) < 4.78 is 19.4. The number of methoxy groups -OCH3 is 1. The first-order chi connectivity index (χ1) is 17.8. The molecule has 1 saturated heterocycles. The Morgan fingerprint density at radius 1 is 1.08 bits per heavy atom. The molecule has 1 fully saturated rings. The molecule has 9 heteroatoms. The third kappa shape index (κ3) is 7.47. The average Bonchev–Trinajstić information content (AvgIpc) is 3.34. The van der Waals surface area contributed by atoms with Crippen LogP contribution in [0.25, 0.3) is 0 Å². The van der Waals surface area contributed by atoms with Crippen LogP contribution in [0.4, 0.5) is 0 Å². The molecule has 1 unspecified atom stereocenters. The van der Waals surface area contributed by atoms with Crippen molar-refractivity contribution in [2.45, 2.75) is 32.5 Å². The van der Waals surface area contributed by atoms with Gasteiger partial charge in [-0.3, -0.25) is 9.69 Å². The van der Waals surface area contributed by atoms with Gasteiger partial charge in [0.1, 0.15) is 24.6 Å². The van der Waals surface area contributed by atoms with Crippen molar-refractivity contribution in [1.82, 2.24) is 19.4 Å². The van der Waals surface area contributed by atoms with Gasteiger partial charge in [-0.2, -0.15) is 0 Å². The second-order valence-corrected chi connectivity index (χ2v) is 9.61. The van der Waals surface area contributed by atoms with Gasteiger partial charge < -0.3 is 28.8 Å². The smallest absolute Gasteiger partial charge is 0.219 e. The van der Waals surface area contributed by atoms with Gasteiger partial charge in [0.05, 0.1) is 26.5 Å². The molecule has 2 heterocycles. The highest BCUT2D eigenvalue weighted by Gasteiger charge is 2.37. The van der Waals surface area contributed by atoms with E-state index in [4.69, 9.17) is 14.2 Å². The second kappa shape index (κ2) is 12.1. The quantitative estimate of drug-likeness (QED) is 0.451. The number of hydrogen-bond donors (Lipinski definition) is 1. The fraction of sp³-hybridized carbons (Fsp3) is 0.429. The third-order valence-corrected chi connectivity index (χ3v) is 6.46. The van der Waals surface area contributed by atoms with Gasteiger partial charge in [-0.1, -0.05) is 23.8 Å². The molecule has 0 aliphatic carbocycles. The number of carbonyl (C=O) groups is 1. The van der Waals surface area contributed by atoms with Gasteiger partial charge in [-0.05, 0) is 36.8 Å². The predicted octanol–water partition coefficient (Wildman–Crippen LogP) is 2.75. The lowest BCUT2D eigenvalue weighted by molar-refractivity contribution is -0.132. The Hall–Kier alpha value is -3.56. The average molecular weight is 509 g/mol. The standard InChI is InChI=1S/C28H36N4O5/c1-22-4-7-25(8-5-22)37-20-28(34)18-31(12-13-32(19-28)23(2)33)17-24-6-9-26(27(16-24)35-3)36-15-14-30-11-10-29-21-30/h4-11,16,21,34H,12-15,17-20H2,1-3H3. The lowest BCUT2D eigenvalue weighted by atomic mass is 10.0. The SMILES string of the molecule is COc1cc(CN2CCN(C(C)=O)CC(O)(COc3ccc(C)cc3)C2)ccc1OCCn1ccnc1. The minimum Gasteiger partial charge on any atom is -0.493 e. The number of carbonyl (C=O) groups excluding carboxylic acids is 1. The Kier molecular flexibility index (Phi) is 8.68. The Labute approximate surface area is 218 Å². The van der Waals surface area contributed by atoms with Crippen LogP contribution < -0.4 is 14.2 Å². The van der Waals surface area contributed by atoms with Crippen LogP contribution in [0.1, 0.15) is 18.1 Å². The Balaban J connectivity index is 1.42. The molecule has 4 rings (SSSR count). The molecule has 0 radical (unpaired) electrons. The van der Waals surface area contributed by atoms with E-state index in [0.717, 1.165) is 11.1 Å². The number of aliphatic hydroxyl groups is 1. The monoisotopic (exact) mass is 508 g/mol. The highest BCUT2D eigenvalue weighted by atomic mass is 16.5. The number of rotatable bonds is 10. The zero-order valence-electron chi connectivity index (χ0n) is 21.8. The summed E-state index contributed by atoms with van der Waals surface area (Å²) in [6.07, 6.45) is 5.39. The van der Waals surface area contributed by atoms with E-state index in [9.17, 15) is 9.90 Å². The Morgan fingerprint density at radius 3 is 2.59 bits per heavy atom. The van der Waals surface area contributed by atoms with E-state index in [0.29, 0.717) is 56.6 Å². The maximum atomic E-state index is 12.2. The number of benzene rings is 2. The first-order valence-corrected chi connectivity index (χ1v) is 12.5. The largest absolute Gasteiger partial charge is 0.493 e. The molecule has 2 aromatic carbocycles. The van der Waals surface area contributed by atoms with Gasteiger partial charge in [0, 0.05) is 45.5 Å². The van der Waals surface area contributed by atoms with E-state index >= 15 is 0 Å². The summed E-state index contributed by atoms with van der Waals surface area (Å²) >= 11 is 0. The van der Waals surface area contributed by atoms with Crippen LogP contribution >= 0.6 is 0 Å². The molecule has 1 N–H and O–H groups in total. The second-order valence-electron chi connectivity index (χ2n) is 9.61. The molecule has 0 saturated carbocycles. The van der Waals surface area contributed by atoms with Gasteiger partial charge in [0.25, 0.3) is 0 Å². The first kappa shape index (κ1) is 26.5. The molecule has 3 aromatic rings. The van der Waals surface area contributed by atoms with Gasteiger partial charge >= 0.3 is 0 Å². The molecule has 37 heavy (non-hydrogen) atoms. The molecule has 1 amide bonds. The number of imidazole rings is 1. The van der Waals surface area contributed by atoms with Crippen LogP contribution in [0.3, 0.4) is 0 Å². The van der Waals surface area contributed by atoms with E-state index in [1.807, 2.05) is 60.2 Å². The number of aryl methyl sites for hydroxylation is 1. The molecule has 1 aliphatic heterocycles. The van der Waals surface area contributed by atoms with Gasteiger partial charge in [-0.25, -0.2) is 4.98 Å². The normalized spacial score (nSPS) is 18.3. The predicted molar refractivity (Wildman–Crippen MR) is 140 cm³/mol. The first-order valence-electron chi connectivity index (χ1n) is 12.5. The summed E-state index contributed by atoms with van der Waals surface area (Å²) in [5.74, 6) is 1.96. The maximum absolute atomic E-state index is 12.2. The van der Waals surface area contributed by atoms with Crippen molar-refractivity contribution in [3.05, 3.63) is 72.3 Å². The number of amides is 1. The van der Waals surface area contributed by atoms with Gasteiger partial charge in [0.15, 0.2) is 11.5 Å². The van der Waals surface area contributed by atoms with E-state index < -0.39 is 5.60 Å². The van der Waals surface area contributed by atoms with E-state index in [1.165, 1.54) is 6.92 Å². The Bertz CT molecular complexity index is 1150. The van der Waals surface area contributed by atoms with Crippen molar-refractivity contribution in [2.75, 3.05) is 46.5 Å². The highest BCUT2D eigenvalue weighted by molar-refractivity contribution is 5.73. The van der Waals surface area contributed by atoms with E-state index in [-0.39, 0.29) is 19.1 Å². The van der Waals surface area contributed by atoms with E-state index in [2.05, 4.69) is 9.88 Å². The Morgan fingerprint density at radius 2 is 1.89 bits per heavy atom. The molecule has 1 aliphatic rings. The van der Waals surface area contributed by atoms with Crippen LogP contribution in [-0.4, -0.2) is 82.5 Å². The van der Waals surface area contributed by atoms with Crippen molar-refractivity contribution in [3.8, 4) is 17.2 Å². The number of nitrogens with zero attached hydrogens (tertiary/aromatic N) is 4. The number of hydrogen-bond acceptors (Lipinski definition) is 7. The summed E-state index contributed by atoms with van der Waals surface area (Å²) in [4.78, 5) is 20.1. The zero-order chi connectivity index (χ0) is 26.3. The van der Waals surface area contributed by atoms with Crippen LogP contribution in [0.5, 0.6) is 17.2 Å². The fourth-order valence-corrected chi connectivity index (χ4v) is 4.46. The lowest BCUT2D eigenvalue weighted by Gasteiger charge is -2.32. The molecule has 0 bridgehead atoms. The molecule has 0 spiro atoms. The van der Waals surface area contributed by atoms with Crippen molar-refractivity contribution >= 4 is 5.91 Å². The highest BCUT2D eigenvalue weighted by Crippen LogP contribution is 2.29. The minimum atomic E-state index is -1.21. The summed E-state index contributed by atoms with van der Waals surface area (Å²) in [6.45, 7) is 7.17. The molecule has 198 valence electrons.